The highest BCUT2D eigenvalue weighted by atomic mass is 16.7. The van der Waals surface area contributed by atoms with E-state index in [1.165, 1.54) is 0 Å². The molecular weight excluding hydrogens is 1550 g/mol. The molecule has 120 heavy (non-hydrogen) atoms. The number of nitrogens with zero attached hydrogens (tertiary/aromatic N) is 2. The van der Waals surface area contributed by atoms with E-state index in [4.69, 9.17) is 38.4 Å². The van der Waals surface area contributed by atoms with Gasteiger partial charge in [0.1, 0.15) is 79.3 Å². The summed E-state index contributed by atoms with van der Waals surface area (Å²) in [5.41, 5.74) is 11.5. The van der Waals surface area contributed by atoms with Crippen molar-refractivity contribution in [2.45, 2.75) is 149 Å². The molecule has 3 saturated heterocycles. The van der Waals surface area contributed by atoms with Crippen molar-refractivity contribution in [1.82, 2.24) is 46.5 Å². The number of H-pyrrole nitrogens is 2. The van der Waals surface area contributed by atoms with E-state index < -0.39 is 172 Å². The van der Waals surface area contributed by atoms with Crippen molar-refractivity contribution in [3.05, 3.63) is 204 Å². The highest BCUT2D eigenvalue weighted by molar-refractivity contribution is 6.02. The maximum atomic E-state index is 15.7. The molecule has 32 heteroatoms. The number of carbonyl (C=O) groups is 5. The van der Waals surface area contributed by atoms with Gasteiger partial charge in [0.2, 0.25) is 23.6 Å². The van der Waals surface area contributed by atoms with E-state index >= 15 is 9.59 Å². The second-order valence-corrected chi connectivity index (χ2v) is 29.9. The summed E-state index contributed by atoms with van der Waals surface area (Å²) >= 11 is 0. The minimum Gasteiger partial charge on any atom is -0.394 e. The predicted molar refractivity (Wildman–Crippen MR) is 439 cm³/mol. The molecule has 0 radical (unpaired) electrons. The second kappa shape index (κ2) is 40.6. The monoisotopic (exact) mass is 1650 g/mol. The molecule has 5 aromatic carbocycles. The number of hydrogen-bond donors (Lipinski definition) is 19. The number of hydrogen-bond acceptors (Lipinski definition) is 25. The van der Waals surface area contributed by atoms with Gasteiger partial charge in [0.25, 0.3) is 5.91 Å². The minimum absolute atomic E-state index is 0.120. The van der Waals surface area contributed by atoms with E-state index in [0.717, 1.165) is 55.6 Å². The molecule has 634 valence electrons. The zero-order valence-corrected chi connectivity index (χ0v) is 65.3. The van der Waals surface area contributed by atoms with Gasteiger partial charge in [-0.1, -0.05) is 133 Å². The van der Waals surface area contributed by atoms with Crippen LogP contribution in [0, 0.1) is 0 Å². The van der Waals surface area contributed by atoms with Crippen LogP contribution in [0.25, 0.3) is 90.9 Å². The van der Waals surface area contributed by atoms with Crippen LogP contribution in [0.4, 0.5) is 0 Å². The standard InChI is InChI=1S/C88H99N9O23/c98-46-64-74(104)77(107)80(110)85(118-64)115-42-39-89-67(101)33-36-88(37-34-68(102)90-40-43-116-86-81(111)78(108)75(105)65(47-99)119-86,38-35-69(103)91-41-44-117-87-82(112)79(109)76(106)66(48-100)120-87)97-84(114)63(45-49-13-5-1-6-14-49)96-83(113)54-23-21-53(22-24-54)73-61-31-29-59(94-61)71(51-17-9-3-10-18-51)57-27-25-55(92-57)70(50-15-7-2-8-16-50)56-26-28-58(93-56)72(52-19-11-4-12-20-52)60-30-32-62(73)95-60/h1-32,63-66,74-82,85-87,92,95,98-100,104-112H,33-48H2,(H,89,101)(H,90,102)(H,91,103)(H,96,113)(H,97,114)/t63?,64-,65-,66-,74-,75-,76-,77+,78+,79+,80-,81-,82-,85-,86-,87-/m1/s1. The number of aromatic nitrogens is 4. The molecule has 0 spiro atoms. The third kappa shape index (κ3) is 20.8. The van der Waals surface area contributed by atoms with Gasteiger partial charge in [0, 0.05) is 101 Å². The molecule has 1 unspecified atom stereocenters. The molecule has 0 saturated carbocycles. The number of aliphatic hydroxyl groups excluding tert-OH is 12. The third-order valence-corrected chi connectivity index (χ3v) is 21.8. The number of carbonyl (C=O) groups excluding carboxylic acids is 5. The summed E-state index contributed by atoms with van der Waals surface area (Å²) in [5, 5.41) is 137. The Balaban J connectivity index is 0.818. The predicted octanol–water partition coefficient (Wildman–Crippen LogP) is 2.66. The molecule has 13 rings (SSSR count). The van der Waals surface area contributed by atoms with Gasteiger partial charge in [-0.25, -0.2) is 9.97 Å². The lowest BCUT2D eigenvalue weighted by Gasteiger charge is -2.39. The topological polar surface area (TPSA) is 501 Å². The number of fused-ring (bicyclic) bond motifs is 8. The molecule has 3 fully saturated rings. The molecule has 8 heterocycles. The molecule has 5 amide bonds. The van der Waals surface area contributed by atoms with Crippen LogP contribution in [0.5, 0.6) is 0 Å². The lowest BCUT2D eigenvalue weighted by atomic mass is 9.82. The minimum atomic E-state index is -1.75. The fraction of sp³-hybridized carbons (Fsp3) is 0.375. The molecule has 5 aliphatic rings. The summed E-state index contributed by atoms with van der Waals surface area (Å²) in [7, 11) is 0. The van der Waals surface area contributed by atoms with Gasteiger partial charge < -0.3 is 126 Å². The average Bonchev–Trinajstić information content (AvgIpc) is 1.62. The number of ether oxygens (including phenoxy) is 6. The molecule has 32 nitrogen and oxygen atoms in total. The number of rotatable bonds is 34. The Morgan fingerprint density at radius 2 is 0.700 bits per heavy atom. The summed E-state index contributed by atoms with van der Waals surface area (Å²) in [6, 6.07) is 52.3. The van der Waals surface area contributed by atoms with Crippen molar-refractivity contribution in [1.29, 1.82) is 0 Å². The van der Waals surface area contributed by atoms with E-state index in [1.807, 2.05) is 121 Å². The first kappa shape index (κ1) is 87.2. The van der Waals surface area contributed by atoms with Crippen molar-refractivity contribution in [3.63, 3.8) is 0 Å². The average molecular weight is 1650 g/mol. The smallest absolute Gasteiger partial charge is 0.251 e. The van der Waals surface area contributed by atoms with Crippen LogP contribution in [-0.4, -0.2) is 274 Å². The van der Waals surface area contributed by atoms with Gasteiger partial charge in [0.05, 0.1) is 62.4 Å². The first-order chi connectivity index (χ1) is 58.1. The summed E-state index contributed by atoms with van der Waals surface area (Å²) in [5.74, 6) is -3.44. The summed E-state index contributed by atoms with van der Waals surface area (Å²) in [6.07, 6.45) is -18.2. The van der Waals surface area contributed by atoms with E-state index in [1.54, 1.807) is 54.6 Å². The lowest BCUT2D eigenvalue weighted by molar-refractivity contribution is -0.300. The van der Waals surface area contributed by atoms with Crippen LogP contribution in [0.1, 0.15) is 77.2 Å². The van der Waals surface area contributed by atoms with Crippen LogP contribution >= 0.6 is 0 Å². The molecule has 5 aliphatic heterocycles. The van der Waals surface area contributed by atoms with Crippen molar-refractivity contribution in [2.75, 3.05) is 59.3 Å². The van der Waals surface area contributed by atoms with Crippen LogP contribution in [0.3, 0.4) is 0 Å². The maximum absolute atomic E-state index is 15.7. The van der Waals surface area contributed by atoms with E-state index in [-0.39, 0.29) is 70.7 Å². The van der Waals surface area contributed by atoms with Crippen molar-refractivity contribution in [3.8, 4) is 44.5 Å². The van der Waals surface area contributed by atoms with Gasteiger partial charge in [-0.05, 0) is 108 Å². The van der Waals surface area contributed by atoms with Crippen LogP contribution in [-0.2, 0) is 54.0 Å². The molecule has 8 bridgehead atoms. The first-order valence-electron chi connectivity index (χ1n) is 39.8. The molecule has 19 N–H and O–H groups in total. The fourth-order valence-electron chi connectivity index (χ4n) is 15.3. The van der Waals surface area contributed by atoms with Gasteiger partial charge in [-0.15, -0.1) is 0 Å². The normalized spacial score (nSPS) is 23.7. The second-order valence-electron chi connectivity index (χ2n) is 29.9. The summed E-state index contributed by atoms with van der Waals surface area (Å²) in [6.45, 7) is -3.87. The molecule has 0 aliphatic carbocycles. The van der Waals surface area contributed by atoms with Gasteiger partial charge in [-0.2, -0.15) is 0 Å². The zero-order valence-electron chi connectivity index (χ0n) is 65.3. The Kier molecular flexibility index (Phi) is 29.5. The molecule has 3 aromatic heterocycles. The van der Waals surface area contributed by atoms with Gasteiger partial charge in [0.15, 0.2) is 18.9 Å². The highest BCUT2D eigenvalue weighted by Crippen LogP contribution is 2.40. The van der Waals surface area contributed by atoms with E-state index in [0.29, 0.717) is 39.3 Å². The quantitative estimate of drug-likeness (QED) is 0.0258. The number of amides is 5. The van der Waals surface area contributed by atoms with Gasteiger partial charge in [-0.3, -0.25) is 24.0 Å². The van der Waals surface area contributed by atoms with Crippen LogP contribution in [0.2, 0.25) is 0 Å². The highest BCUT2D eigenvalue weighted by Gasteiger charge is 2.47. The fourth-order valence-corrected chi connectivity index (χ4v) is 15.3. The summed E-state index contributed by atoms with van der Waals surface area (Å²) < 4.78 is 33.2. The van der Waals surface area contributed by atoms with Gasteiger partial charge >= 0.3 is 0 Å². The van der Waals surface area contributed by atoms with Crippen LogP contribution < -0.4 is 26.6 Å². The Labute approximate surface area is 689 Å². The largest absolute Gasteiger partial charge is 0.394 e. The summed E-state index contributed by atoms with van der Waals surface area (Å²) in [4.78, 5) is 91.6. The first-order valence-corrected chi connectivity index (χ1v) is 39.8. The van der Waals surface area contributed by atoms with E-state index in [9.17, 15) is 75.7 Å². The number of aliphatic hydroxyl groups is 12. The number of aromatic amines is 2. The Bertz CT molecular complexity index is 4870. The van der Waals surface area contributed by atoms with Crippen molar-refractivity contribution >= 4 is 75.9 Å². The SMILES string of the molecule is O=C(CCC(CCC(=O)NCCO[C@@H]1O[C@H](CO)[C@@H](O)[C@H](O)[C@H]1O)(CCC(=O)NCCO[C@@H]1O[C@H](CO)[C@@H](O)[C@H](O)[C@H]1O)NC(=O)C(Cc1ccccc1)NC(=O)c1ccc(-c2c3nc(c(-c4ccccc4)c4ccc([nH]4)c(-c4ccccc4)c4nc(c(-c5ccccc5)c5ccc2[nH]5)C=C4)C=C3)cc1)NCCO[C@@H]1O[C@H](CO)[C@@H](O)[C@H](O)[C@H]1O. The molecule has 8 aromatic rings. The number of benzene rings is 5. The number of nitrogens with one attached hydrogen (secondary N) is 7. The lowest BCUT2D eigenvalue weighted by Crippen LogP contribution is -2.59. The molecule has 16 atom stereocenters. The van der Waals surface area contributed by atoms with Crippen molar-refractivity contribution in [2.24, 2.45) is 0 Å². The van der Waals surface area contributed by atoms with Crippen LogP contribution in [0.15, 0.2) is 170 Å². The maximum Gasteiger partial charge on any atom is 0.251 e. The third-order valence-electron chi connectivity index (χ3n) is 21.8. The van der Waals surface area contributed by atoms with Crippen molar-refractivity contribution < 1.29 is 114 Å². The van der Waals surface area contributed by atoms with E-state index in [2.05, 4.69) is 54.8 Å². The Hall–Kier alpha value is -10.7. The molecular formula is C88H99N9O23. The zero-order chi connectivity index (χ0) is 84.6. The Morgan fingerprint density at radius 3 is 1.02 bits per heavy atom. The Morgan fingerprint density at radius 1 is 0.392 bits per heavy atom.